The van der Waals surface area contributed by atoms with Gasteiger partial charge in [-0.2, -0.15) is 0 Å². The van der Waals surface area contributed by atoms with Crippen molar-refractivity contribution in [3.63, 3.8) is 0 Å². The van der Waals surface area contributed by atoms with E-state index >= 15 is 0 Å². The van der Waals surface area contributed by atoms with E-state index in [0.29, 0.717) is 51.7 Å². The van der Waals surface area contributed by atoms with Crippen LogP contribution in [0.2, 0.25) is 0 Å². The molecule has 2 aliphatic rings. The van der Waals surface area contributed by atoms with Crippen molar-refractivity contribution < 1.29 is 28.4 Å². The van der Waals surface area contributed by atoms with Crippen molar-refractivity contribution in [2.75, 3.05) is 28.4 Å². The second-order valence-electron chi connectivity index (χ2n) is 20.5. The minimum atomic E-state index is -0.144. The number of methoxy groups -OCH3 is 4. The first-order chi connectivity index (χ1) is 33.2. The van der Waals surface area contributed by atoms with Crippen LogP contribution in [-0.2, 0) is 57.2 Å². The first-order valence-corrected chi connectivity index (χ1v) is 25.0. The molecule has 0 atom stereocenters. The number of rotatable bonds is 5. The molecule has 0 unspecified atom stereocenters. The zero-order chi connectivity index (χ0) is 48.5. The Labute approximate surface area is 414 Å². The fourth-order valence-electron chi connectivity index (χ4n) is 10.3. The number of hydrogen-bond donors (Lipinski definition) is 0. The smallest absolute Gasteiger partial charge is 0.126 e. The topological polar surface area (TPSA) is 55.4 Å². The summed E-state index contributed by atoms with van der Waals surface area (Å²) in [6.45, 7) is 14.5. The van der Waals surface area contributed by atoms with Crippen molar-refractivity contribution >= 4 is 11.8 Å². The summed E-state index contributed by atoms with van der Waals surface area (Å²) in [5.41, 5.74) is 16.4. The summed E-state index contributed by atoms with van der Waals surface area (Å²) < 4.78 is 40.1. The van der Waals surface area contributed by atoms with Crippen LogP contribution in [0.1, 0.15) is 125 Å². The summed E-state index contributed by atoms with van der Waals surface area (Å²) in [6.07, 6.45) is 3.68. The van der Waals surface area contributed by atoms with Gasteiger partial charge in [0, 0.05) is 59.3 Å². The molecule has 0 radical (unpaired) electrons. The molecule has 0 saturated carbocycles. The van der Waals surface area contributed by atoms with Gasteiger partial charge in [0.1, 0.15) is 47.7 Å². The molecule has 7 aromatic carbocycles. The van der Waals surface area contributed by atoms with E-state index in [1.165, 1.54) is 10.5 Å². The Morgan fingerprint density at radius 2 is 0.609 bits per heavy atom. The number of fused-ring (bicyclic) bond motifs is 10. The lowest BCUT2D eigenvalue weighted by Gasteiger charge is -2.28. The van der Waals surface area contributed by atoms with Gasteiger partial charge in [-0.1, -0.05) is 163 Å². The Morgan fingerprint density at radius 1 is 0.362 bits per heavy atom. The highest BCUT2D eigenvalue weighted by Gasteiger charge is 2.27. The maximum Gasteiger partial charge on any atom is 0.126 e. The van der Waals surface area contributed by atoms with Crippen LogP contribution in [0.4, 0.5) is 0 Å². The monoisotopic (exact) mass is 938 g/mol. The van der Waals surface area contributed by atoms with Crippen LogP contribution in [0.25, 0.3) is 0 Å². The second-order valence-corrected chi connectivity index (χ2v) is 22.3. The van der Waals surface area contributed by atoms with Crippen molar-refractivity contribution in [3.8, 4) is 34.5 Å². The van der Waals surface area contributed by atoms with E-state index in [0.717, 1.165) is 112 Å². The van der Waals surface area contributed by atoms with E-state index in [4.69, 9.17) is 28.4 Å². The highest BCUT2D eigenvalue weighted by atomic mass is 32.2. The predicted octanol–water partition coefficient (Wildman–Crippen LogP) is 14.2. The third-order valence-electron chi connectivity index (χ3n) is 13.4. The van der Waals surface area contributed by atoms with Gasteiger partial charge in [-0.15, -0.1) is 11.8 Å². The zero-order valence-corrected chi connectivity index (χ0v) is 42.9. The molecule has 7 heteroatoms. The molecule has 0 fully saturated rings. The van der Waals surface area contributed by atoms with Gasteiger partial charge in [0.05, 0.1) is 28.4 Å². The Kier molecular flexibility index (Phi) is 13.8. The van der Waals surface area contributed by atoms with E-state index in [2.05, 4.69) is 163 Å². The number of benzene rings is 7. The van der Waals surface area contributed by atoms with Gasteiger partial charge in [0.2, 0.25) is 0 Å². The Balaban J connectivity index is 1.37. The Morgan fingerprint density at radius 3 is 0.841 bits per heavy atom. The fraction of sp³-hybridized carbons (Fsp3) is 0.323. The minimum Gasteiger partial charge on any atom is -0.496 e. The van der Waals surface area contributed by atoms with Crippen molar-refractivity contribution in [3.05, 3.63) is 205 Å². The van der Waals surface area contributed by atoms with Crippen LogP contribution in [0, 0.1) is 0 Å². The standard InChI is InChI=1S/C62H66O6S/c1-61(2,3)53-35-51-37-67-58-47-25-15-26-48(58)33-45-23-13-19-41(56(45)65-9)30-42-20-14-24-46(57(42)66-10)34-50-28-16-27-49(59(50)68-38-52(36-53)60(51)69-62(4,5)6)32-44-22-12-18-40(55(44)64-8)29-39-17-11-21-43(31-47)54(39)63-7/h11-28,35-36H,29-34,37-38H2,1-10H3. The molecule has 7 aromatic rings. The summed E-state index contributed by atoms with van der Waals surface area (Å²) in [5.74, 6) is 5.21. The van der Waals surface area contributed by atoms with Gasteiger partial charge >= 0.3 is 0 Å². The number of hydrogen-bond acceptors (Lipinski definition) is 7. The largest absolute Gasteiger partial charge is 0.496 e. The van der Waals surface area contributed by atoms with Crippen LogP contribution >= 0.6 is 11.8 Å². The lowest BCUT2D eigenvalue weighted by atomic mass is 9.85. The van der Waals surface area contributed by atoms with Crippen LogP contribution in [0.15, 0.2) is 126 Å². The molecule has 0 spiro atoms. The zero-order valence-electron chi connectivity index (χ0n) is 42.1. The molecule has 356 valence electrons. The number of thioether (sulfide) groups is 1. The summed E-state index contributed by atoms with van der Waals surface area (Å²) in [7, 11) is 7.13. The maximum absolute atomic E-state index is 7.38. The van der Waals surface area contributed by atoms with Crippen LogP contribution in [-0.4, -0.2) is 33.2 Å². The molecule has 0 N–H and O–H groups in total. The average Bonchev–Trinajstić information content (AvgIpc) is 3.31. The molecule has 6 nitrogen and oxygen atoms in total. The van der Waals surface area contributed by atoms with Gasteiger partial charge in [-0.3, -0.25) is 0 Å². The molecular formula is C62H66O6S. The molecule has 69 heavy (non-hydrogen) atoms. The lowest BCUT2D eigenvalue weighted by molar-refractivity contribution is 0.288. The molecular weight excluding hydrogens is 873 g/mol. The number of para-hydroxylation sites is 6. The Bertz CT molecular complexity index is 2670. The third kappa shape index (κ3) is 10.2. The molecule has 9 rings (SSSR count). The van der Waals surface area contributed by atoms with Crippen molar-refractivity contribution in [2.45, 2.75) is 108 Å². The molecule has 0 aromatic heterocycles. The summed E-state index contributed by atoms with van der Waals surface area (Å²) in [6, 6.07) is 43.9. The molecule has 0 saturated heterocycles. The van der Waals surface area contributed by atoms with E-state index < -0.39 is 0 Å². The molecule has 0 aliphatic carbocycles. The van der Waals surface area contributed by atoms with Gasteiger partial charge in [-0.25, -0.2) is 0 Å². The average molecular weight is 939 g/mol. The van der Waals surface area contributed by atoms with Crippen molar-refractivity contribution in [1.29, 1.82) is 0 Å². The quantitative estimate of drug-likeness (QED) is 0.159. The molecule has 2 aliphatic heterocycles. The van der Waals surface area contributed by atoms with Crippen molar-refractivity contribution in [1.82, 2.24) is 0 Å². The van der Waals surface area contributed by atoms with E-state index in [1.54, 1.807) is 28.4 Å². The van der Waals surface area contributed by atoms with Gasteiger partial charge in [0.15, 0.2) is 0 Å². The summed E-state index contributed by atoms with van der Waals surface area (Å²) in [4.78, 5) is 1.19. The van der Waals surface area contributed by atoms with E-state index in [9.17, 15) is 0 Å². The van der Waals surface area contributed by atoms with Gasteiger partial charge in [-0.05, 0) is 77.7 Å². The first kappa shape index (κ1) is 47.7. The highest BCUT2D eigenvalue weighted by Crippen LogP contribution is 2.44. The minimum absolute atomic E-state index is 0.104. The first-order valence-electron chi connectivity index (χ1n) is 24.2. The van der Waals surface area contributed by atoms with Crippen molar-refractivity contribution in [2.24, 2.45) is 0 Å². The summed E-state index contributed by atoms with van der Waals surface area (Å²) >= 11 is 1.88. The molecule has 2 heterocycles. The van der Waals surface area contributed by atoms with E-state index in [1.807, 2.05) is 11.8 Å². The predicted molar refractivity (Wildman–Crippen MR) is 281 cm³/mol. The van der Waals surface area contributed by atoms with E-state index in [-0.39, 0.29) is 10.2 Å². The van der Waals surface area contributed by atoms with Crippen LogP contribution in [0.3, 0.4) is 0 Å². The fourth-order valence-corrected chi connectivity index (χ4v) is 11.4. The van der Waals surface area contributed by atoms with Crippen LogP contribution in [0.5, 0.6) is 34.5 Å². The molecule has 0 amide bonds. The third-order valence-corrected chi connectivity index (χ3v) is 14.8. The summed E-state index contributed by atoms with van der Waals surface area (Å²) in [5, 5.41) is 0. The molecule has 12 bridgehead atoms. The Hall–Kier alpha value is -6.31. The number of ether oxygens (including phenoxy) is 6. The van der Waals surface area contributed by atoms with Crippen LogP contribution < -0.4 is 28.4 Å². The lowest BCUT2D eigenvalue weighted by Crippen LogP contribution is -2.17. The second kappa shape index (κ2) is 20.0. The van der Waals surface area contributed by atoms with Gasteiger partial charge < -0.3 is 28.4 Å². The van der Waals surface area contributed by atoms with Gasteiger partial charge in [0.25, 0.3) is 0 Å². The normalized spacial score (nSPS) is 13.8. The maximum atomic E-state index is 7.38. The highest BCUT2D eigenvalue weighted by molar-refractivity contribution is 8.00. The SMILES string of the molecule is COc1c2cccc1Cc1cccc3c1OCc1cc(C(C)(C)C)cc(c1SC(C)(C)C)COc1c(cccc1Cc1cccc(c1OC)Cc1cccc(c1OC)C3)Cc1cccc(c1OC)C2.